The molecule has 0 radical (unpaired) electrons. The number of carbonyl (C=O) groups is 2. The van der Waals surface area contributed by atoms with Crippen molar-refractivity contribution in [3.8, 4) is 0 Å². The van der Waals surface area contributed by atoms with E-state index >= 15 is 0 Å². The van der Waals surface area contributed by atoms with Crippen molar-refractivity contribution in [3.63, 3.8) is 0 Å². The fourth-order valence-corrected chi connectivity index (χ4v) is 8.37. The molecule has 406 valence electrons. The van der Waals surface area contributed by atoms with Crippen molar-refractivity contribution in [1.29, 1.82) is 0 Å². The summed E-state index contributed by atoms with van der Waals surface area (Å²) in [4.78, 5) is 24.5. The molecule has 71 heavy (non-hydrogen) atoms. The van der Waals surface area contributed by atoms with E-state index < -0.39 is 6.10 Å². The maximum atomic E-state index is 12.3. The zero-order valence-corrected chi connectivity index (χ0v) is 46.5. The lowest BCUT2D eigenvalue weighted by molar-refractivity contribution is -0.161. The maximum Gasteiger partial charge on any atom is 0.306 e. The summed E-state index contributed by atoms with van der Waals surface area (Å²) in [5, 5.41) is 9.66. The molecule has 0 saturated heterocycles. The fourth-order valence-electron chi connectivity index (χ4n) is 8.37. The van der Waals surface area contributed by atoms with Crippen LogP contribution in [0.3, 0.4) is 0 Å². The number of aliphatic hydroxyl groups is 1. The largest absolute Gasteiger partial charge is 0.462 e. The third-order valence-electron chi connectivity index (χ3n) is 12.8. The predicted molar refractivity (Wildman–Crippen MR) is 311 cm³/mol. The third kappa shape index (κ3) is 59.0. The molecule has 0 rings (SSSR count). The first-order chi connectivity index (χ1) is 35.1. The Morgan fingerprint density at radius 3 is 0.915 bits per heavy atom. The molecule has 1 unspecified atom stereocenters. The van der Waals surface area contributed by atoms with Crippen molar-refractivity contribution in [2.24, 2.45) is 0 Å². The fraction of sp³-hybridized carbons (Fsp3) is 0.697. The van der Waals surface area contributed by atoms with E-state index in [0.29, 0.717) is 12.8 Å². The molecular weight excluding hydrogens is 873 g/mol. The van der Waals surface area contributed by atoms with Gasteiger partial charge < -0.3 is 14.6 Å². The second-order valence-electron chi connectivity index (χ2n) is 19.7. The lowest BCUT2D eigenvalue weighted by atomic mass is 10.0. The van der Waals surface area contributed by atoms with Gasteiger partial charge in [0.1, 0.15) is 6.61 Å². The smallest absolute Gasteiger partial charge is 0.306 e. The molecule has 0 aromatic carbocycles. The number of ether oxygens (including phenoxy) is 2. The van der Waals surface area contributed by atoms with E-state index in [1.54, 1.807) is 0 Å². The molecule has 0 spiro atoms. The lowest BCUT2D eigenvalue weighted by Gasteiger charge is -2.15. The molecule has 0 aliphatic carbocycles. The van der Waals surface area contributed by atoms with Gasteiger partial charge in [0.2, 0.25) is 0 Å². The van der Waals surface area contributed by atoms with Crippen LogP contribution in [0, 0.1) is 0 Å². The molecule has 0 saturated carbocycles. The Labute approximate surface area is 440 Å². The van der Waals surface area contributed by atoms with Crippen molar-refractivity contribution in [2.45, 2.75) is 283 Å². The molecule has 0 aromatic rings. The Kier molecular flexibility index (Phi) is 57.9. The minimum absolute atomic E-state index is 0.0698. The highest BCUT2D eigenvalue weighted by atomic mass is 16.6. The third-order valence-corrected chi connectivity index (χ3v) is 12.8. The van der Waals surface area contributed by atoms with E-state index in [2.05, 4.69) is 123 Å². The average molecular weight is 986 g/mol. The summed E-state index contributed by atoms with van der Waals surface area (Å²) in [5.74, 6) is -0.592. The summed E-state index contributed by atoms with van der Waals surface area (Å²) in [5.41, 5.74) is 0. The number of hydrogen-bond donors (Lipinski definition) is 1. The molecule has 0 heterocycles. The van der Waals surface area contributed by atoms with Gasteiger partial charge >= 0.3 is 11.9 Å². The number of carbonyl (C=O) groups excluding carboxylic acids is 2. The van der Waals surface area contributed by atoms with Gasteiger partial charge in [-0.1, -0.05) is 290 Å². The Bertz CT molecular complexity index is 1390. The van der Waals surface area contributed by atoms with Gasteiger partial charge in [0.15, 0.2) is 6.10 Å². The summed E-state index contributed by atoms with van der Waals surface area (Å²) in [6.45, 7) is 4.05. The molecule has 0 aliphatic rings. The minimum Gasteiger partial charge on any atom is -0.462 e. The van der Waals surface area contributed by atoms with Gasteiger partial charge in [-0.05, 0) is 83.5 Å². The van der Waals surface area contributed by atoms with Gasteiger partial charge in [0, 0.05) is 12.8 Å². The van der Waals surface area contributed by atoms with Gasteiger partial charge in [0.25, 0.3) is 0 Å². The van der Waals surface area contributed by atoms with Crippen LogP contribution in [-0.2, 0) is 19.1 Å². The summed E-state index contributed by atoms with van der Waals surface area (Å²) in [6.07, 6.45) is 87.8. The van der Waals surface area contributed by atoms with Crippen LogP contribution in [0.25, 0.3) is 0 Å². The zero-order valence-electron chi connectivity index (χ0n) is 46.5. The van der Waals surface area contributed by atoms with E-state index in [4.69, 9.17) is 9.47 Å². The van der Waals surface area contributed by atoms with Crippen LogP contribution in [0.5, 0.6) is 0 Å². The van der Waals surface area contributed by atoms with Crippen molar-refractivity contribution >= 4 is 11.9 Å². The number of allylic oxidation sites excluding steroid dienone is 18. The van der Waals surface area contributed by atoms with Gasteiger partial charge in [-0.25, -0.2) is 0 Å². The molecule has 1 N–H and O–H groups in total. The predicted octanol–water partition coefficient (Wildman–Crippen LogP) is 20.5. The van der Waals surface area contributed by atoms with Crippen LogP contribution >= 0.6 is 0 Å². The van der Waals surface area contributed by atoms with Gasteiger partial charge in [0.05, 0.1) is 6.61 Å². The Morgan fingerprint density at radius 1 is 0.338 bits per heavy atom. The topological polar surface area (TPSA) is 72.8 Å². The SMILES string of the molecule is CC/C=C\C/C=C\C/C=C\C/C=C\C/C=C\C/C=C\C/C=C\C/C=C\C/C=C\CCCCCCCCCCCC(=O)OC(CO)COC(=O)CCCCCCCCCCCCCCCCCCCCCC. The van der Waals surface area contributed by atoms with Crippen molar-refractivity contribution in [3.05, 3.63) is 109 Å². The van der Waals surface area contributed by atoms with Crippen molar-refractivity contribution in [2.75, 3.05) is 13.2 Å². The molecule has 0 fully saturated rings. The van der Waals surface area contributed by atoms with E-state index in [1.165, 1.54) is 148 Å². The van der Waals surface area contributed by atoms with Crippen LogP contribution in [0.1, 0.15) is 277 Å². The van der Waals surface area contributed by atoms with Gasteiger partial charge in [-0.3, -0.25) is 9.59 Å². The highest BCUT2D eigenvalue weighted by molar-refractivity contribution is 5.70. The Hall–Kier alpha value is -3.44. The van der Waals surface area contributed by atoms with E-state index in [9.17, 15) is 14.7 Å². The number of rotatable bonds is 54. The summed E-state index contributed by atoms with van der Waals surface area (Å²) in [7, 11) is 0. The molecular formula is C66H112O5. The quantitative estimate of drug-likeness (QED) is 0.0373. The van der Waals surface area contributed by atoms with Crippen molar-refractivity contribution < 1.29 is 24.2 Å². The lowest BCUT2D eigenvalue weighted by Crippen LogP contribution is -2.28. The molecule has 5 heteroatoms. The second-order valence-corrected chi connectivity index (χ2v) is 19.7. The Balaban J connectivity index is 3.55. The first-order valence-electron chi connectivity index (χ1n) is 29.9. The first-order valence-corrected chi connectivity index (χ1v) is 29.9. The van der Waals surface area contributed by atoms with Crippen LogP contribution in [0.4, 0.5) is 0 Å². The molecule has 0 aromatic heterocycles. The molecule has 0 amide bonds. The zero-order chi connectivity index (χ0) is 51.3. The minimum atomic E-state index is -0.780. The highest BCUT2D eigenvalue weighted by Gasteiger charge is 2.16. The molecule has 1 atom stereocenters. The summed E-state index contributed by atoms with van der Waals surface area (Å²) in [6, 6.07) is 0. The number of aliphatic hydroxyl groups excluding tert-OH is 1. The molecule has 5 nitrogen and oxygen atoms in total. The number of hydrogen-bond acceptors (Lipinski definition) is 5. The van der Waals surface area contributed by atoms with Crippen LogP contribution in [0.2, 0.25) is 0 Å². The first kappa shape index (κ1) is 67.6. The average Bonchev–Trinajstić information content (AvgIpc) is 3.37. The van der Waals surface area contributed by atoms with Crippen LogP contribution in [-0.4, -0.2) is 36.4 Å². The van der Waals surface area contributed by atoms with Crippen LogP contribution in [0.15, 0.2) is 109 Å². The van der Waals surface area contributed by atoms with Gasteiger partial charge in [-0.2, -0.15) is 0 Å². The van der Waals surface area contributed by atoms with Crippen LogP contribution < -0.4 is 0 Å². The molecule has 0 bridgehead atoms. The standard InChI is InChI=1S/C66H112O5/c1-3-5-7-9-11-13-15-17-19-21-23-25-26-27-28-29-30-31-32-33-34-35-36-37-38-39-40-41-43-45-47-49-51-53-55-57-59-61-66(69)71-64(62-67)63-70-65(68)60-58-56-54-52-50-48-46-44-42-24-22-20-18-16-14-12-10-8-6-4-2/h5,7,11,13,17,19,23,25,27-28,30-31,33-34,36-37,39-40,64,67H,3-4,6,8-10,12,14-16,18,20-22,24,26,29,32,35,38,41-63H2,1-2H3/b7-5-,13-11-,19-17-,25-23-,28-27-,31-30-,34-33-,37-36-,40-39-. The van der Waals surface area contributed by atoms with E-state index in [1.807, 2.05) is 0 Å². The number of unbranched alkanes of at least 4 members (excludes halogenated alkanes) is 28. The van der Waals surface area contributed by atoms with Crippen molar-refractivity contribution in [1.82, 2.24) is 0 Å². The molecule has 0 aliphatic heterocycles. The van der Waals surface area contributed by atoms with E-state index in [-0.39, 0.29) is 25.2 Å². The summed E-state index contributed by atoms with van der Waals surface area (Å²) >= 11 is 0. The Morgan fingerprint density at radius 2 is 0.606 bits per heavy atom. The monoisotopic (exact) mass is 985 g/mol. The van der Waals surface area contributed by atoms with Gasteiger partial charge in [-0.15, -0.1) is 0 Å². The normalized spacial score (nSPS) is 13.0. The maximum absolute atomic E-state index is 12.3. The number of esters is 2. The van der Waals surface area contributed by atoms with E-state index in [0.717, 1.165) is 103 Å². The summed E-state index contributed by atoms with van der Waals surface area (Å²) < 4.78 is 10.7. The second kappa shape index (κ2) is 60.9. The highest BCUT2D eigenvalue weighted by Crippen LogP contribution is 2.16.